The van der Waals surface area contributed by atoms with Gasteiger partial charge in [0, 0.05) is 17.0 Å². The van der Waals surface area contributed by atoms with E-state index in [0.717, 1.165) is 30.4 Å². The van der Waals surface area contributed by atoms with Gasteiger partial charge in [-0.05, 0) is 50.8 Å². The van der Waals surface area contributed by atoms with Crippen molar-refractivity contribution < 1.29 is 23.5 Å². The first-order chi connectivity index (χ1) is 13.0. The average Bonchev–Trinajstić information content (AvgIpc) is 2.98. The summed E-state index contributed by atoms with van der Waals surface area (Å²) in [6.45, 7) is 6.11. The first-order valence-corrected chi connectivity index (χ1v) is 9.62. The topological polar surface area (TPSA) is 77.8 Å². The summed E-state index contributed by atoms with van der Waals surface area (Å²) < 4.78 is 16.3. The third kappa shape index (κ3) is 4.43. The zero-order valence-electron chi connectivity index (χ0n) is 16.2. The van der Waals surface area contributed by atoms with Crippen molar-refractivity contribution in [2.75, 3.05) is 13.2 Å². The van der Waals surface area contributed by atoms with Gasteiger partial charge in [0.1, 0.15) is 11.3 Å². The fourth-order valence-electron chi connectivity index (χ4n) is 3.63. The number of fused-ring (bicyclic) bond motifs is 1. The summed E-state index contributed by atoms with van der Waals surface area (Å²) >= 11 is 0. The molecule has 0 radical (unpaired) electrons. The molecule has 6 heteroatoms. The lowest BCUT2D eigenvalue weighted by molar-refractivity contribution is -0.125. The van der Waals surface area contributed by atoms with Crippen molar-refractivity contribution in [2.45, 2.75) is 52.5 Å². The number of nitrogens with one attached hydrogen (secondary N) is 1. The summed E-state index contributed by atoms with van der Waals surface area (Å²) in [6, 6.07) is 5.56. The predicted molar refractivity (Wildman–Crippen MR) is 102 cm³/mol. The summed E-state index contributed by atoms with van der Waals surface area (Å²) in [5.74, 6) is 0.394. The van der Waals surface area contributed by atoms with Gasteiger partial charge in [-0.15, -0.1) is 0 Å². The molecule has 3 rings (SSSR count). The van der Waals surface area contributed by atoms with Crippen LogP contribution in [0.2, 0.25) is 0 Å². The third-order valence-corrected chi connectivity index (χ3v) is 5.20. The second kappa shape index (κ2) is 8.46. The van der Waals surface area contributed by atoms with Crippen molar-refractivity contribution >= 4 is 22.8 Å². The molecule has 0 aliphatic heterocycles. The average molecular weight is 373 g/mol. The molecule has 1 saturated carbocycles. The van der Waals surface area contributed by atoms with Crippen LogP contribution in [0.3, 0.4) is 0 Å². The highest BCUT2D eigenvalue weighted by Gasteiger charge is 2.24. The molecular formula is C21H27NO5. The minimum atomic E-state index is -0.631. The summed E-state index contributed by atoms with van der Waals surface area (Å²) in [7, 11) is 0. The van der Waals surface area contributed by atoms with E-state index in [-0.39, 0.29) is 24.3 Å². The quantitative estimate of drug-likeness (QED) is 0.775. The van der Waals surface area contributed by atoms with Crippen LogP contribution in [0.4, 0.5) is 0 Å². The minimum absolute atomic E-state index is 0.123. The SMILES string of the molecule is CCOc1ccc2oc(C(=O)OCC(=O)N[C@H]3CCCC[C@@H]3C)c(C)c2c1. The molecule has 1 aliphatic rings. The van der Waals surface area contributed by atoms with Crippen LogP contribution in [-0.4, -0.2) is 31.1 Å². The van der Waals surface area contributed by atoms with Gasteiger partial charge in [0.2, 0.25) is 5.76 Å². The lowest BCUT2D eigenvalue weighted by atomic mass is 9.86. The number of rotatable bonds is 6. The maximum absolute atomic E-state index is 12.4. The lowest BCUT2D eigenvalue weighted by Gasteiger charge is -2.29. The highest BCUT2D eigenvalue weighted by atomic mass is 16.5. The minimum Gasteiger partial charge on any atom is -0.494 e. The standard InChI is InChI=1S/C21H27NO5/c1-4-25-15-9-10-18-16(11-15)14(3)20(27-18)21(24)26-12-19(23)22-17-8-6-5-7-13(17)2/h9-11,13,17H,4-8,12H2,1-3H3,(H,22,23)/t13-,17-/m0/s1. The monoisotopic (exact) mass is 373 g/mol. The van der Waals surface area contributed by atoms with Crippen molar-refractivity contribution in [3.63, 3.8) is 0 Å². The smallest absolute Gasteiger partial charge is 0.375 e. The van der Waals surface area contributed by atoms with Crippen molar-refractivity contribution in [3.8, 4) is 5.75 Å². The molecule has 0 bridgehead atoms. The fourth-order valence-corrected chi connectivity index (χ4v) is 3.63. The maximum atomic E-state index is 12.4. The van der Waals surface area contributed by atoms with Crippen LogP contribution in [0.15, 0.2) is 22.6 Å². The number of ether oxygens (including phenoxy) is 2. The van der Waals surface area contributed by atoms with E-state index in [9.17, 15) is 9.59 Å². The fraction of sp³-hybridized carbons (Fsp3) is 0.524. The molecule has 6 nitrogen and oxygen atoms in total. The van der Waals surface area contributed by atoms with Crippen LogP contribution in [-0.2, 0) is 9.53 Å². The number of hydrogen-bond donors (Lipinski definition) is 1. The Morgan fingerprint density at radius 1 is 1.26 bits per heavy atom. The van der Waals surface area contributed by atoms with Crippen molar-refractivity contribution in [3.05, 3.63) is 29.5 Å². The highest BCUT2D eigenvalue weighted by Crippen LogP contribution is 2.29. The van der Waals surface area contributed by atoms with Crippen molar-refractivity contribution in [2.24, 2.45) is 5.92 Å². The van der Waals surface area contributed by atoms with E-state index in [1.165, 1.54) is 6.42 Å². The van der Waals surface area contributed by atoms with E-state index in [2.05, 4.69) is 12.2 Å². The molecule has 0 spiro atoms. The lowest BCUT2D eigenvalue weighted by Crippen LogP contribution is -2.42. The van der Waals surface area contributed by atoms with Crippen LogP contribution >= 0.6 is 0 Å². The first-order valence-electron chi connectivity index (χ1n) is 9.62. The van der Waals surface area contributed by atoms with Gasteiger partial charge in [0.15, 0.2) is 6.61 Å². The van der Waals surface area contributed by atoms with E-state index in [1.54, 1.807) is 19.1 Å². The van der Waals surface area contributed by atoms with Gasteiger partial charge in [-0.2, -0.15) is 0 Å². The molecule has 27 heavy (non-hydrogen) atoms. The predicted octanol–water partition coefficient (Wildman–Crippen LogP) is 3.99. The molecule has 1 heterocycles. The Kier molecular flexibility index (Phi) is 6.04. The van der Waals surface area contributed by atoms with Crippen LogP contribution in [0.1, 0.15) is 55.6 Å². The number of hydrogen-bond acceptors (Lipinski definition) is 5. The molecule has 0 saturated heterocycles. The molecule has 2 aromatic rings. The first kappa shape index (κ1) is 19.3. The van der Waals surface area contributed by atoms with E-state index < -0.39 is 5.97 Å². The zero-order valence-corrected chi connectivity index (χ0v) is 16.2. The van der Waals surface area contributed by atoms with Crippen LogP contribution in [0, 0.1) is 12.8 Å². The van der Waals surface area contributed by atoms with Gasteiger partial charge in [-0.1, -0.05) is 19.8 Å². The molecule has 2 atom stereocenters. The summed E-state index contributed by atoms with van der Waals surface area (Å²) in [5, 5.41) is 3.77. The molecule has 146 valence electrons. The number of furan rings is 1. The van der Waals surface area contributed by atoms with Crippen LogP contribution < -0.4 is 10.1 Å². The van der Waals surface area contributed by atoms with E-state index >= 15 is 0 Å². The zero-order chi connectivity index (χ0) is 19.4. The normalized spacial score (nSPS) is 19.7. The molecule has 1 fully saturated rings. The second-order valence-corrected chi connectivity index (χ2v) is 7.16. The van der Waals surface area contributed by atoms with Gasteiger partial charge in [-0.25, -0.2) is 4.79 Å². The molecule has 1 aliphatic carbocycles. The van der Waals surface area contributed by atoms with Gasteiger partial charge >= 0.3 is 5.97 Å². The summed E-state index contributed by atoms with van der Waals surface area (Å²) in [5.41, 5.74) is 1.27. The largest absolute Gasteiger partial charge is 0.494 e. The van der Waals surface area contributed by atoms with Gasteiger partial charge in [0.25, 0.3) is 5.91 Å². The number of carbonyl (C=O) groups excluding carboxylic acids is 2. The Balaban J connectivity index is 1.62. The second-order valence-electron chi connectivity index (χ2n) is 7.16. The number of benzene rings is 1. The van der Waals surface area contributed by atoms with Gasteiger partial charge in [0.05, 0.1) is 6.61 Å². The Bertz CT molecular complexity index is 825. The summed E-state index contributed by atoms with van der Waals surface area (Å²) in [6.07, 6.45) is 4.42. The Morgan fingerprint density at radius 2 is 2.04 bits per heavy atom. The molecule has 1 aromatic carbocycles. The van der Waals surface area contributed by atoms with E-state index in [1.807, 2.05) is 13.0 Å². The number of esters is 1. The van der Waals surface area contributed by atoms with Crippen molar-refractivity contribution in [1.82, 2.24) is 5.32 Å². The summed E-state index contributed by atoms with van der Waals surface area (Å²) in [4.78, 5) is 24.5. The number of aryl methyl sites for hydroxylation is 1. The Hall–Kier alpha value is -2.50. The van der Waals surface area contributed by atoms with Crippen LogP contribution in [0.25, 0.3) is 11.0 Å². The molecule has 1 N–H and O–H groups in total. The van der Waals surface area contributed by atoms with Crippen molar-refractivity contribution in [1.29, 1.82) is 0 Å². The molecule has 1 aromatic heterocycles. The van der Waals surface area contributed by atoms with Gasteiger partial charge < -0.3 is 19.2 Å². The highest BCUT2D eigenvalue weighted by molar-refractivity contribution is 5.97. The van der Waals surface area contributed by atoms with E-state index in [0.29, 0.717) is 23.7 Å². The Morgan fingerprint density at radius 3 is 2.78 bits per heavy atom. The van der Waals surface area contributed by atoms with E-state index in [4.69, 9.17) is 13.9 Å². The van der Waals surface area contributed by atoms with Crippen LogP contribution in [0.5, 0.6) is 5.75 Å². The third-order valence-electron chi connectivity index (χ3n) is 5.20. The molecule has 1 amide bonds. The number of amides is 1. The maximum Gasteiger partial charge on any atom is 0.375 e. The number of carbonyl (C=O) groups is 2. The Labute approximate surface area is 159 Å². The molecule has 0 unspecified atom stereocenters. The van der Waals surface area contributed by atoms with Gasteiger partial charge in [-0.3, -0.25) is 4.79 Å². The molecular weight excluding hydrogens is 346 g/mol.